The zero-order chi connectivity index (χ0) is 17.3. The molecule has 0 bridgehead atoms. The Morgan fingerprint density at radius 2 is 1.36 bits per heavy atom. The van der Waals surface area contributed by atoms with E-state index in [0.717, 1.165) is 0 Å². The molecule has 0 atom stereocenters. The number of hydrogen-bond donors (Lipinski definition) is 0. The first kappa shape index (κ1) is 20.7. The largest absolute Gasteiger partial charge is 0.673 e. The minimum atomic E-state index is -6.00. The van der Waals surface area contributed by atoms with E-state index >= 15 is 0 Å². The zero-order valence-electron chi connectivity index (χ0n) is 12.4. The number of esters is 2. The molecule has 0 aromatic heterocycles. The third-order valence-corrected chi connectivity index (χ3v) is 6.39. The second kappa shape index (κ2) is 9.68. The van der Waals surface area contributed by atoms with E-state index in [1.54, 1.807) is 13.8 Å². The first-order chi connectivity index (χ1) is 10.1. The van der Waals surface area contributed by atoms with Gasteiger partial charge in [0.05, 0.1) is 0 Å². The van der Waals surface area contributed by atoms with Crippen LogP contribution in [0.15, 0.2) is 21.1 Å². The topological polar surface area (TPSA) is 52.6 Å². The van der Waals surface area contributed by atoms with Crippen LogP contribution >= 0.6 is 0 Å². The smallest absolute Gasteiger partial charge is 0.418 e. The fraction of sp³-hybridized carbons (Fsp3) is 0.500. The van der Waals surface area contributed by atoms with Crippen LogP contribution < -0.4 is 0 Å². The number of ether oxygens (including phenoxy) is 2. The summed E-state index contributed by atoms with van der Waals surface area (Å²) >= 11 is -1.58. The van der Waals surface area contributed by atoms with E-state index in [0.29, 0.717) is 28.6 Å². The summed E-state index contributed by atoms with van der Waals surface area (Å²) in [5, 5.41) is 0. The molecule has 0 fully saturated rings. The van der Waals surface area contributed by atoms with E-state index in [4.69, 9.17) is 9.47 Å². The molecule has 0 unspecified atom stereocenters. The van der Waals surface area contributed by atoms with Gasteiger partial charge in [0.1, 0.15) is 0 Å². The number of carbonyl (C=O) groups is 2. The Bertz CT molecular complexity index is 423. The average molecular weight is 391 g/mol. The van der Waals surface area contributed by atoms with E-state index in [1.807, 2.05) is 18.0 Å². The Balaban J connectivity index is 0.000000763. The molecule has 0 saturated carbocycles. The minimum absolute atomic E-state index is 0.296. The van der Waals surface area contributed by atoms with Crippen molar-refractivity contribution in [2.75, 3.05) is 13.2 Å². The SMILES string of the molecule is CCOC(=O)C1=CCC=C(C(=O)OCC)[Se+]1C.F[B-](F)(F)F. The van der Waals surface area contributed by atoms with E-state index in [9.17, 15) is 26.9 Å². The Labute approximate surface area is 130 Å². The van der Waals surface area contributed by atoms with Gasteiger partial charge in [-0.25, -0.2) is 0 Å². The first-order valence-electron chi connectivity index (χ1n) is 6.39. The van der Waals surface area contributed by atoms with Crippen LogP contribution in [0.5, 0.6) is 0 Å². The molecule has 0 radical (unpaired) electrons. The molecule has 1 heterocycles. The van der Waals surface area contributed by atoms with Crippen LogP contribution in [0.3, 0.4) is 0 Å². The summed E-state index contributed by atoms with van der Waals surface area (Å²) < 4.78 is 50.3. The van der Waals surface area contributed by atoms with Crippen LogP contribution in [0.4, 0.5) is 17.3 Å². The van der Waals surface area contributed by atoms with Crippen LogP contribution in [-0.2, 0) is 19.1 Å². The van der Waals surface area contributed by atoms with Gasteiger partial charge in [-0.3, -0.25) is 0 Å². The van der Waals surface area contributed by atoms with Gasteiger partial charge in [-0.15, -0.1) is 0 Å². The molecule has 1 aliphatic rings. The molecule has 0 spiro atoms. The summed E-state index contributed by atoms with van der Waals surface area (Å²) in [6, 6.07) is 0. The van der Waals surface area contributed by atoms with Crippen LogP contribution in [-0.4, -0.2) is 46.3 Å². The van der Waals surface area contributed by atoms with Crippen molar-refractivity contribution in [1.82, 2.24) is 0 Å². The van der Waals surface area contributed by atoms with Crippen molar-refractivity contribution in [3.63, 3.8) is 0 Å². The van der Waals surface area contributed by atoms with Crippen LogP contribution in [0, 0.1) is 0 Å². The fourth-order valence-electron chi connectivity index (χ4n) is 1.46. The summed E-state index contributed by atoms with van der Waals surface area (Å²) in [6.07, 6.45) is 4.30. The predicted octanol–water partition coefficient (Wildman–Crippen LogP) is 2.87. The van der Waals surface area contributed by atoms with Gasteiger partial charge in [0, 0.05) is 0 Å². The second-order valence-electron chi connectivity index (χ2n) is 3.82. The minimum Gasteiger partial charge on any atom is -0.418 e. The van der Waals surface area contributed by atoms with E-state index in [2.05, 4.69) is 0 Å². The molecule has 0 aromatic carbocycles. The van der Waals surface area contributed by atoms with Crippen molar-refractivity contribution in [3.05, 3.63) is 21.1 Å². The van der Waals surface area contributed by atoms with Gasteiger partial charge in [0.15, 0.2) is 0 Å². The van der Waals surface area contributed by atoms with Crippen molar-refractivity contribution in [2.24, 2.45) is 0 Å². The summed E-state index contributed by atoms with van der Waals surface area (Å²) in [5.41, 5.74) is 0. The number of rotatable bonds is 4. The molecule has 0 N–H and O–H groups in total. The molecule has 126 valence electrons. The molecular formula is C12H17BF4O4Se. The molecule has 4 nitrogen and oxygen atoms in total. The second-order valence-corrected chi connectivity index (χ2v) is 7.81. The first-order valence-corrected chi connectivity index (χ1v) is 9.82. The van der Waals surface area contributed by atoms with Gasteiger partial charge in [-0.2, -0.15) is 0 Å². The Hall–Kier alpha value is -1.28. The summed E-state index contributed by atoms with van der Waals surface area (Å²) in [6.45, 7) is 4.25. The molecular weight excluding hydrogens is 374 g/mol. The van der Waals surface area contributed by atoms with E-state index < -0.39 is 21.2 Å². The molecule has 0 saturated heterocycles. The van der Waals surface area contributed by atoms with Crippen molar-refractivity contribution in [3.8, 4) is 0 Å². The van der Waals surface area contributed by atoms with Gasteiger partial charge >= 0.3 is 113 Å². The quantitative estimate of drug-likeness (QED) is 0.420. The molecule has 0 aromatic rings. The van der Waals surface area contributed by atoms with Gasteiger partial charge in [-0.1, -0.05) is 0 Å². The maximum atomic E-state index is 11.7. The molecule has 0 aliphatic carbocycles. The Morgan fingerprint density at radius 3 is 1.64 bits per heavy atom. The summed E-state index contributed by atoms with van der Waals surface area (Å²) in [7, 11) is -6.00. The zero-order valence-corrected chi connectivity index (χ0v) is 14.1. The molecule has 0 amide bonds. The monoisotopic (exact) mass is 392 g/mol. The van der Waals surface area contributed by atoms with E-state index in [-0.39, 0.29) is 11.9 Å². The number of hydrogen-bond acceptors (Lipinski definition) is 4. The van der Waals surface area contributed by atoms with Gasteiger partial charge < -0.3 is 17.3 Å². The van der Waals surface area contributed by atoms with Gasteiger partial charge in [-0.05, 0) is 0 Å². The maximum absolute atomic E-state index is 11.7. The standard InChI is InChI=1S/C12H17O4Se.BF4/c1-4-15-11(13)9-7-6-8-10(17(9)3)12(14)16-5-2;2-1(3,4)5/h7-8H,4-6H2,1-3H3;/q+1;-1. The van der Waals surface area contributed by atoms with Crippen LogP contribution in [0.1, 0.15) is 20.3 Å². The van der Waals surface area contributed by atoms with Crippen molar-refractivity contribution < 1.29 is 36.3 Å². The number of allylic oxidation sites excluding steroid dienone is 2. The van der Waals surface area contributed by atoms with Gasteiger partial charge in [0.2, 0.25) is 0 Å². The van der Waals surface area contributed by atoms with Crippen LogP contribution in [0.25, 0.3) is 0 Å². The normalized spacial score (nSPS) is 15.0. The molecule has 1 aliphatic heterocycles. The van der Waals surface area contributed by atoms with Crippen molar-refractivity contribution in [1.29, 1.82) is 0 Å². The Morgan fingerprint density at radius 1 is 1.05 bits per heavy atom. The molecule has 22 heavy (non-hydrogen) atoms. The number of carbonyl (C=O) groups excluding carboxylic acids is 2. The number of halogens is 4. The third kappa shape index (κ3) is 8.24. The summed E-state index contributed by atoms with van der Waals surface area (Å²) in [4.78, 5) is 23.4. The van der Waals surface area contributed by atoms with Crippen molar-refractivity contribution in [2.45, 2.75) is 26.1 Å². The third-order valence-electron chi connectivity index (χ3n) is 2.22. The predicted molar refractivity (Wildman–Crippen MR) is 75.9 cm³/mol. The van der Waals surface area contributed by atoms with Crippen molar-refractivity contribution >= 4 is 33.1 Å². The van der Waals surface area contributed by atoms with Crippen LogP contribution in [0.2, 0.25) is 5.82 Å². The average Bonchev–Trinajstić information content (AvgIpc) is 2.37. The maximum Gasteiger partial charge on any atom is 0.673 e. The summed E-state index contributed by atoms with van der Waals surface area (Å²) in [5.74, 6) is 1.34. The fourth-order valence-corrected chi connectivity index (χ4v) is 4.71. The molecule has 1 rings (SSSR count). The molecule has 10 heteroatoms. The van der Waals surface area contributed by atoms with Gasteiger partial charge in [0.25, 0.3) is 0 Å². The van der Waals surface area contributed by atoms with E-state index in [1.165, 1.54) is 0 Å². The Kier molecular flexibility index (Phi) is 9.12.